The third-order valence-corrected chi connectivity index (χ3v) is 3.43. The molecule has 5 heteroatoms. The van der Waals surface area contributed by atoms with Crippen LogP contribution >= 0.6 is 0 Å². The van der Waals surface area contributed by atoms with Crippen LogP contribution in [0, 0.1) is 13.8 Å². The highest BCUT2D eigenvalue weighted by Gasteiger charge is 2.15. The SMILES string of the molecule is CCCNc1cc(CC)nc(-c2c(C)nn(C)c2C)n1. The predicted molar refractivity (Wildman–Crippen MR) is 81.9 cm³/mol. The van der Waals surface area contributed by atoms with Crippen LogP contribution in [0.1, 0.15) is 37.4 Å². The van der Waals surface area contributed by atoms with E-state index in [1.54, 1.807) is 0 Å². The molecule has 0 bridgehead atoms. The van der Waals surface area contributed by atoms with Gasteiger partial charge in [0.05, 0.1) is 11.3 Å². The summed E-state index contributed by atoms with van der Waals surface area (Å²) in [7, 11) is 1.95. The first-order valence-corrected chi connectivity index (χ1v) is 7.19. The molecule has 0 saturated heterocycles. The van der Waals surface area contributed by atoms with Crippen molar-refractivity contribution in [1.82, 2.24) is 19.7 Å². The van der Waals surface area contributed by atoms with Crippen molar-refractivity contribution in [2.75, 3.05) is 11.9 Å². The molecule has 2 aromatic heterocycles. The standard InChI is InChI=1S/C15H23N5/c1-6-8-16-13-9-12(7-2)17-15(18-13)14-10(3)19-20(5)11(14)4/h9H,6-8H2,1-5H3,(H,16,17,18). The number of rotatable bonds is 5. The van der Waals surface area contributed by atoms with E-state index in [1.165, 1.54) is 0 Å². The fourth-order valence-corrected chi connectivity index (χ4v) is 2.23. The zero-order valence-corrected chi connectivity index (χ0v) is 13.0. The number of aromatic nitrogens is 4. The minimum atomic E-state index is 0.769. The molecule has 0 aliphatic rings. The van der Waals surface area contributed by atoms with Crippen molar-refractivity contribution in [3.63, 3.8) is 0 Å². The lowest BCUT2D eigenvalue weighted by molar-refractivity contribution is 0.731. The van der Waals surface area contributed by atoms with Crippen LogP contribution in [0.15, 0.2) is 6.07 Å². The second-order valence-corrected chi connectivity index (χ2v) is 5.02. The van der Waals surface area contributed by atoms with E-state index in [2.05, 4.69) is 41.2 Å². The highest BCUT2D eigenvalue weighted by atomic mass is 15.3. The van der Waals surface area contributed by atoms with Gasteiger partial charge in [-0.25, -0.2) is 9.97 Å². The minimum absolute atomic E-state index is 0.769. The van der Waals surface area contributed by atoms with Gasteiger partial charge in [-0.2, -0.15) is 5.10 Å². The summed E-state index contributed by atoms with van der Waals surface area (Å²) in [6, 6.07) is 2.03. The van der Waals surface area contributed by atoms with E-state index in [-0.39, 0.29) is 0 Å². The van der Waals surface area contributed by atoms with Crippen molar-refractivity contribution in [2.45, 2.75) is 40.5 Å². The molecule has 2 aromatic rings. The number of aryl methyl sites for hydroxylation is 3. The summed E-state index contributed by atoms with van der Waals surface area (Å²) >= 11 is 0. The fraction of sp³-hybridized carbons (Fsp3) is 0.533. The zero-order valence-electron chi connectivity index (χ0n) is 13.0. The first kappa shape index (κ1) is 14.5. The Morgan fingerprint density at radius 1 is 1.20 bits per heavy atom. The maximum Gasteiger partial charge on any atom is 0.165 e. The summed E-state index contributed by atoms with van der Waals surface area (Å²) in [6.45, 7) is 9.23. The normalized spacial score (nSPS) is 10.8. The molecule has 1 N–H and O–H groups in total. The van der Waals surface area contributed by atoms with Crippen LogP contribution in [0.2, 0.25) is 0 Å². The van der Waals surface area contributed by atoms with Gasteiger partial charge >= 0.3 is 0 Å². The molecule has 2 heterocycles. The van der Waals surface area contributed by atoms with Crippen molar-refractivity contribution in [3.8, 4) is 11.4 Å². The van der Waals surface area contributed by atoms with Gasteiger partial charge in [0.2, 0.25) is 0 Å². The Balaban J connectivity index is 2.49. The molecule has 0 spiro atoms. The summed E-state index contributed by atoms with van der Waals surface area (Å²) < 4.78 is 1.88. The molecule has 0 radical (unpaired) electrons. The third kappa shape index (κ3) is 2.81. The third-order valence-electron chi connectivity index (χ3n) is 3.43. The average Bonchev–Trinajstić information content (AvgIpc) is 2.69. The van der Waals surface area contributed by atoms with Gasteiger partial charge in [-0.05, 0) is 26.7 Å². The first-order valence-electron chi connectivity index (χ1n) is 7.19. The summed E-state index contributed by atoms with van der Waals surface area (Å²) in [5, 5.41) is 7.80. The Hall–Kier alpha value is -1.91. The molecule has 0 atom stereocenters. The largest absolute Gasteiger partial charge is 0.370 e. The Labute approximate surface area is 120 Å². The molecule has 108 valence electrons. The van der Waals surface area contributed by atoms with Gasteiger partial charge in [0.25, 0.3) is 0 Å². The van der Waals surface area contributed by atoms with E-state index in [0.29, 0.717) is 0 Å². The van der Waals surface area contributed by atoms with Gasteiger partial charge < -0.3 is 5.32 Å². The van der Waals surface area contributed by atoms with Crippen LogP contribution in [0.3, 0.4) is 0 Å². The molecule has 0 aromatic carbocycles. The van der Waals surface area contributed by atoms with Crippen LogP contribution < -0.4 is 5.32 Å². The van der Waals surface area contributed by atoms with Gasteiger partial charge in [-0.1, -0.05) is 13.8 Å². The van der Waals surface area contributed by atoms with Crippen LogP contribution in [0.5, 0.6) is 0 Å². The molecule has 0 unspecified atom stereocenters. The van der Waals surface area contributed by atoms with Gasteiger partial charge in [-0.3, -0.25) is 4.68 Å². The van der Waals surface area contributed by atoms with Gasteiger partial charge in [0.15, 0.2) is 5.82 Å². The topological polar surface area (TPSA) is 55.6 Å². The zero-order chi connectivity index (χ0) is 14.7. The van der Waals surface area contributed by atoms with Crippen LogP contribution in [-0.2, 0) is 13.5 Å². The number of hydrogen-bond donors (Lipinski definition) is 1. The smallest absolute Gasteiger partial charge is 0.165 e. The Morgan fingerprint density at radius 3 is 2.50 bits per heavy atom. The summed E-state index contributed by atoms with van der Waals surface area (Å²) in [4.78, 5) is 9.31. The molecule has 0 saturated carbocycles. The van der Waals surface area contributed by atoms with Crippen molar-refractivity contribution in [1.29, 1.82) is 0 Å². The van der Waals surface area contributed by atoms with E-state index >= 15 is 0 Å². The number of hydrogen-bond acceptors (Lipinski definition) is 4. The molecular formula is C15H23N5. The molecule has 0 amide bonds. The second kappa shape index (κ2) is 6.03. The van der Waals surface area contributed by atoms with E-state index in [0.717, 1.165) is 53.7 Å². The monoisotopic (exact) mass is 273 g/mol. The van der Waals surface area contributed by atoms with Crippen LogP contribution in [0.4, 0.5) is 5.82 Å². The number of nitrogens with one attached hydrogen (secondary N) is 1. The van der Waals surface area contributed by atoms with Crippen LogP contribution in [-0.4, -0.2) is 26.3 Å². The Morgan fingerprint density at radius 2 is 1.95 bits per heavy atom. The highest BCUT2D eigenvalue weighted by molar-refractivity contribution is 5.63. The van der Waals surface area contributed by atoms with Crippen molar-refractivity contribution in [2.24, 2.45) is 7.05 Å². The molecule has 0 fully saturated rings. The lowest BCUT2D eigenvalue weighted by Gasteiger charge is -2.09. The quantitative estimate of drug-likeness (QED) is 0.910. The Bertz CT molecular complexity index is 601. The van der Waals surface area contributed by atoms with E-state index < -0.39 is 0 Å². The molecule has 0 aliphatic heterocycles. The van der Waals surface area contributed by atoms with E-state index in [9.17, 15) is 0 Å². The molecule has 2 rings (SSSR count). The van der Waals surface area contributed by atoms with E-state index in [1.807, 2.05) is 24.7 Å². The summed E-state index contributed by atoms with van der Waals surface area (Å²) in [6.07, 6.45) is 1.97. The molecule has 20 heavy (non-hydrogen) atoms. The van der Waals surface area contributed by atoms with Crippen molar-refractivity contribution < 1.29 is 0 Å². The van der Waals surface area contributed by atoms with E-state index in [4.69, 9.17) is 0 Å². The van der Waals surface area contributed by atoms with Crippen molar-refractivity contribution in [3.05, 3.63) is 23.1 Å². The first-order chi connectivity index (χ1) is 9.56. The predicted octanol–water partition coefficient (Wildman–Crippen LogP) is 2.88. The lowest BCUT2D eigenvalue weighted by Crippen LogP contribution is -2.06. The maximum atomic E-state index is 4.66. The number of nitrogens with zero attached hydrogens (tertiary/aromatic N) is 4. The highest BCUT2D eigenvalue weighted by Crippen LogP contribution is 2.25. The van der Waals surface area contributed by atoms with Gasteiger partial charge in [0.1, 0.15) is 5.82 Å². The summed E-state index contributed by atoms with van der Waals surface area (Å²) in [5.74, 6) is 1.67. The molecular weight excluding hydrogens is 250 g/mol. The molecule has 5 nitrogen and oxygen atoms in total. The lowest BCUT2D eigenvalue weighted by atomic mass is 10.1. The second-order valence-electron chi connectivity index (χ2n) is 5.02. The van der Waals surface area contributed by atoms with Crippen molar-refractivity contribution >= 4 is 5.82 Å². The Kier molecular flexibility index (Phi) is 4.37. The van der Waals surface area contributed by atoms with Crippen LogP contribution in [0.25, 0.3) is 11.4 Å². The molecule has 0 aliphatic carbocycles. The maximum absolute atomic E-state index is 4.66. The number of anilines is 1. The minimum Gasteiger partial charge on any atom is -0.370 e. The fourth-order valence-electron chi connectivity index (χ4n) is 2.23. The van der Waals surface area contributed by atoms with Gasteiger partial charge in [-0.15, -0.1) is 0 Å². The average molecular weight is 273 g/mol. The van der Waals surface area contributed by atoms with Gasteiger partial charge in [0, 0.05) is 31.0 Å². The summed E-state index contributed by atoms with van der Waals surface area (Å²) in [5.41, 5.74) is 4.16.